The van der Waals surface area contributed by atoms with Gasteiger partial charge in [-0.2, -0.15) is 5.06 Å². The van der Waals surface area contributed by atoms with Crippen molar-refractivity contribution >= 4 is 11.9 Å². The fraction of sp³-hybridized carbons (Fsp3) is 0.333. The predicted octanol–water partition coefficient (Wildman–Crippen LogP) is 3.04. The van der Waals surface area contributed by atoms with Gasteiger partial charge in [0.1, 0.15) is 0 Å². The van der Waals surface area contributed by atoms with E-state index in [4.69, 9.17) is 14.3 Å². The van der Waals surface area contributed by atoms with Crippen molar-refractivity contribution in [1.82, 2.24) is 5.06 Å². The van der Waals surface area contributed by atoms with E-state index in [1.807, 2.05) is 60.7 Å². The van der Waals surface area contributed by atoms with E-state index in [-0.39, 0.29) is 0 Å². The highest BCUT2D eigenvalue weighted by Crippen LogP contribution is 2.41. The van der Waals surface area contributed by atoms with Gasteiger partial charge in [-0.25, -0.2) is 4.79 Å². The summed E-state index contributed by atoms with van der Waals surface area (Å²) in [6.07, 6.45) is -0.552. The van der Waals surface area contributed by atoms with Crippen LogP contribution in [0.4, 0.5) is 0 Å². The third-order valence-electron chi connectivity index (χ3n) is 4.57. The summed E-state index contributed by atoms with van der Waals surface area (Å²) in [5, 5.41) is 1.71. The average molecular weight is 369 g/mol. The van der Waals surface area contributed by atoms with Crippen LogP contribution in [0.3, 0.4) is 0 Å². The number of rotatable bonds is 6. The summed E-state index contributed by atoms with van der Waals surface area (Å²) in [4.78, 5) is 30.6. The Balaban J connectivity index is 1.92. The Morgan fingerprint density at radius 3 is 2.33 bits per heavy atom. The fourth-order valence-corrected chi connectivity index (χ4v) is 3.34. The van der Waals surface area contributed by atoms with E-state index in [2.05, 4.69) is 0 Å². The minimum absolute atomic E-state index is 0.347. The lowest BCUT2D eigenvalue weighted by Crippen LogP contribution is -2.47. The number of methoxy groups -OCH3 is 1. The molecule has 0 aromatic heterocycles. The number of benzene rings is 2. The lowest BCUT2D eigenvalue weighted by atomic mass is 9.88. The maximum atomic E-state index is 12.8. The Morgan fingerprint density at radius 1 is 1.11 bits per heavy atom. The minimum atomic E-state index is -1.42. The summed E-state index contributed by atoms with van der Waals surface area (Å²) >= 11 is 0. The summed E-state index contributed by atoms with van der Waals surface area (Å²) in [5.41, 5.74) is 0.317. The largest absolute Gasteiger partial charge is 0.467 e. The van der Waals surface area contributed by atoms with Crippen molar-refractivity contribution in [3.63, 3.8) is 0 Å². The zero-order valence-corrected chi connectivity index (χ0v) is 15.5. The molecule has 6 nitrogen and oxygen atoms in total. The van der Waals surface area contributed by atoms with E-state index in [1.54, 1.807) is 5.06 Å². The Bertz CT molecular complexity index is 780. The van der Waals surface area contributed by atoms with Gasteiger partial charge in [-0.1, -0.05) is 60.7 Å². The number of hydrogen-bond acceptors (Lipinski definition) is 6. The molecule has 0 saturated carbocycles. The van der Waals surface area contributed by atoms with E-state index in [9.17, 15) is 9.59 Å². The van der Waals surface area contributed by atoms with Crippen LogP contribution in [0.2, 0.25) is 0 Å². The molecule has 6 heteroatoms. The first-order valence-corrected chi connectivity index (χ1v) is 8.84. The average Bonchev–Trinajstić information content (AvgIpc) is 3.11. The van der Waals surface area contributed by atoms with Crippen LogP contribution in [0.25, 0.3) is 0 Å². The number of nitrogens with zero attached hydrogens (tertiary/aromatic N) is 1. The first-order valence-electron chi connectivity index (χ1n) is 8.84. The number of hydroxylamine groups is 2. The van der Waals surface area contributed by atoms with Crippen LogP contribution in [-0.4, -0.2) is 36.3 Å². The summed E-state index contributed by atoms with van der Waals surface area (Å²) in [5.74, 6) is -1.05. The summed E-state index contributed by atoms with van der Waals surface area (Å²) in [6.45, 7) is 2.34. The minimum Gasteiger partial charge on any atom is -0.467 e. The van der Waals surface area contributed by atoms with Crippen LogP contribution in [0, 0.1) is 0 Å². The highest BCUT2D eigenvalue weighted by Gasteiger charge is 2.56. The standard InChI is InChI=1S/C21H23NO5/c1-16(23)26-19(18-11-7-4-8-12-18)21(20(24)25-2)13-14-22(27-21)15-17-9-5-3-6-10-17/h3-12,19H,13-15H2,1-2H3/t19-,21-/m1/s1. The van der Waals surface area contributed by atoms with Crippen LogP contribution in [-0.2, 0) is 30.4 Å². The molecular formula is C21H23NO5. The molecule has 0 radical (unpaired) electrons. The van der Waals surface area contributed by atoms with Crippen LogP contribution in [0.5, 0.6) is 0 Å². The zero-order valence-electron chi connectivity index (χ0n) is 15.5. The Kier molecular flexibility index (Phi) is 5.88. The normalized spacial score (nSPS) is 20.8. The molecule has 0 bridgehead atoms. The van der Waals surface area contributed by atoms with E-state index < -0.39 is 23.6 Å². The van der Waals surface area contributed by atoms with Gasteiger partial charge in [-0.15, -0.1) is 0 Å². The van der Waals surface area contributed by atoms with E-state index in [1.165, 1.54) is 14.0 Å². The zero-order chi connectivity index (χ0) is 19.3. The lowest BCUT2D eigenvalue weighted by molar-refractivity contribution is -0.244. The van der Waals surface area contributed by atoms with Crippen molar-refractivity contribution in [2.24, 2.45) is 0 Å². The highest BCUT2D eigenvalue weighted by molar-refractivity contribution is 5.81. The second-order valence-electron chi connectivity index (χ2n) is 6.47. The van der Waals surface area contributed by atoms with Gasteiger partial charge in [-0.05, 0) is 11.1 Å². The van der Waals surface area contributed by atoms with Gasteiger partial charge < -0.3 is 9.47 Å². The molecule has 0 amide bonds. The maximum absolute atomic E-state index is 12.8. The molecule has 142 valence electrons. The van der Waals surface area contributed by atoms with Crippen molar-refractivity contribution < 1.29 is 23.9 Å². The molecular weight excluding hydrogens is 346 g/mol. The van der Waals surface area contributed by atoms with E-state index >= 15 is 0 Å². The molecule has 27 heavy (non-hydrogen) atoms. The summed E-state index contributed by atoms with van der Waals surface area (Å²) in [6, 6.07) is 18.9. The molecule has 0 unspecified atom stereocenters. The molecule has 2 aromatic carbocycles. The molecule has 0 spiro atoms. The summed E-state index contributed by atoms with van der Waals surface area (Å²) < 4.78 is 10.6. The third-order valence-corrected chi connectivity index (χ3v) is 4.57. The van der Waals surface area contributed by atoms with Crippen LogP contribution in [0.1, 0.15) is 30.6 Å². The van der Waals surface area contributed by atoms with Crippen molar-refractivity contribution in [2.75, 3.05) is 13.7 Å². The number of carbonyl (C=O) groups excluding carboxylic acids is 2. The smallest absolute Gasteiger partial charge is 0.344 e. The van der Waals surface area contributed by atoms with Gasteiger partial charge >= 0.3 is 11.9 Å². The molecule has 1 saturated heterocycles. The van der Waals surface area contributed by atoms with Crippen molar-refractivity contribution in [3.8, 4) is 0 Å². The number of hydrogen-bond donors (Lipinski definition) is 0. The lowest BCUT2D eigenvalue weighted by Gasteiger charge is -2.33. The summed E-state index contributed by atoms with van der Waals surface area (Å²) in [7, 11) is 1.31. The topological polar surface area (TPSA) is 65.1 Å². The SMILES string of the molecule is COC(=O)[C@]1([C@H](OC(C)=O)c2ccccc2)CCN(Cc2ccccc2)O1. The van der Waals surface area contributed by atoms with Gasteiger partial charge in [0.2, 0.25) is 5.60 Å². The van der Waals surface area contributed by atoms with Crippen LogP contribution < -0.4 is 0 Å². The monoisotopic (exact) mass is 369 g/mol. The first-order chi connectivity index (χ1) is 13.0. The number of esters is 2. The van der Waals surface area contributed by atoms with Crippen molar-refractivity contribution in [3.05, 3.63) is 71.8 Å². The Hall–Kier alpha value is -2.70. The second-order valence-corrected chi connectivity index (χ2v) is 6.47. The second kappa shape index (κ2) is 8.33. The molecule has 0 N–H and O–H groups in total. The molecule has 1 aliphatic rings. The van der Waals surface area contributed by atoms with Gasteiger partial charge in [-0.3, -0.25) is 9.63 Å². The van der Waals surface area contributed by atoms with Crippen molar-refractivity contribution in [2.45, 2.75) is 31.6 Å². The molecule has 1 fully saturated rings. The Morgan fingerprint density at radius 2 is 1.74 bits per heavy atom. The molecule has 2 atom stereocenters. The number of ether oxygens (including phenoxy) is 2. The predicted molar refractivity (Wildman–Crippen MR) is 98.3 cm³/mol. The molecule has 1 aliphatic heterocycles. The number of carbonyl (C=O) groups is 2. The maximum Gasteiger partial charge on any atom is 0.344 e. The quantitative estimate of drug-likeness (QED) is 0.729. The third kappa shape index (κ3) is 4.18. The van der Waals surface area contributed by atoms with Gasteiger partial charge in [0, 0.05) is 26.4 Å². The van der Waals surface area contributed by atoms with Gasteiger partial charge in [0.05, 0.1) is 7.11 Å². The fourth-order valence-electron chi connectivity index (χ4n) is 3.34. The van der Waals surface area contributed by atoms with Crippen LogP contribution >= 0.6 is 0 Å². The Labute approximate surface area is 158 Å². The van der Waals surface area contributed by atoms with E-state index in [0.717, 1.165) is 5.56 Å². The highest BCUT2D eigenvalue weighted by atomic mass is 16.7. The molecule has 3 rings (SSSR count). The first kappa shape index (κ1) is 19.1. The molecule has 2 aromatic rings. The van der Waals surface area contributed by atoms with Crippen molar-refractivity contribution in [1.29, 1.82) is 0 Å². The van der Waals surface area contributed by atoms with E-state index in [0.29, 0.717) is 25.1 Å². The molecule has 1 heterocycles. The van der Waals surface area contributed by atoms with Gasteiger partial charge in [0.15, 0.2) is 6.10 Å². The van der Waals surface area contributed by atoms with Gasteiger partial charge in [0.25, 0.3) is 0 Å². The molecule has 0 aliphatic carbocycles. The van der Waals surface area contributed by atoms with Crippen LogP contribution in [0.15, 0.2) is 60.7 Å².